The Labute approximate surface area is 210 Å². The molecular formula is C26H35BrN4O3. The normalized spacial score (nSPS) is 23.3. The van der Waals surface area contributed by atoms with Gasteiger partial charge in [-0.05, 0) is 28.1 Å². The second kappa shape index (κ2) is 11.6. The molecule has 34 heavy (non-hydrogen) atoms. The largest absolute Gasteiger partial charge is 0.377 e. The molecule has 0 spiro atoms. The van der Waals surface area contributed by atoms with Crippen LogP contribution in [0.3, 0.4) is 0 Å². The van der Waals surface area contributed by atoms with E-state index in [0.717, 1.165) is 21.5 Å². The lowest BCUT2D eigenvalue weighted by molar-refractivity contribution is -0.0980. The van der Waals surface area contributed by atoms with Crippen molar-refractivity contribution < 1.29 is 14.3 Å². The van der Waals surface area contributed by atoms with Crippen molar-refractivity contribution in [3.05, 3.63) is 70.2 Å². The third-order valence-electron chi connectivity index (χ3n) is 6.14. The Kier molecular flexibility index (Phi) is 9.41. The lowest BCUT2D eigenvalue weighted by Gasteiger charge is -2.44. The number of anilines is 1. The summed E-state index contributed by atoms with van der Waals surface area (Å²) in [5.41, 5.74) is 3.36. The SMILES string of the molecule is C=C/C(=C\C(=C)COCC)C1C2=CC(C)C(Br)=CC2(C)Cn2c1nc(NC)c2C(=O)NC.C=O. The topological polar surface area (TPSA) is 85.2 Å². The Morgan fingerprint density at radius 3 is 2.65 bits per heavy atom. The number of nitrogens with one attached hydrogen (secondary N) is 2. The minimum absolute atomic E-state index is 0.158. The quantitative estimate of drug-likeness (QED) is 0.373. The monoisotopic (exact) mass is 530 g/mol. The standard InChI is InChI=1S/C25H33BrN4O2.CH2O/c1-8-17(10-15(3)13-32-9-2)20-18-11-16(4)19(26)12-25(18,5)14-30-21(24(31)28-7)22(27-6)29-23(20)30;1-2/h8,10-12,16,20,27H,1,3,9,13-14H2,2,4-7H3,(H,28,31);1H2/b17-10+;. The van der Waals surface area contributed by atoms with Gasteiger partial charge < -0.3 is 24.7 Å². The number of amides is 1. The van der Waals surface area contributed by atoms with Crippen LogP contribution in [0.5, 0.6) is 0 Å². The number of nitrogens with zero attached hydrogens (tertiary/aromatic N) is 2. The first-order valence-corrected chi connectivity index (χ1v) is 12.0. The summed E-state index contributed by atoms with van der Waals surface area (Å²) in [5, 5.41) is 5.87. The number of hydrogen-bond acceptors (Lipinski definition) is 5. The van der Waals surface area contributed by atoms with Crippen molar-refractivity contribution in [2.75, 3.05) is 32.6 Å². The molecule has 3 unspecified atom stereocenters. The van der Waals surface area contributed by atoms with Crippen molar-refractivity contribution in [3.8, 4) is 0 Å². The number of aromatic nitrogens is 2. The third-order valence-corrected chi connectivity index (χ3v) is 7.09. The van der Waals surface area contributed by atoms with Crippen LogP contribution in [0.2, 0.25) is 0 Å². The molecule has 8 heteroatoms. The molecule has 0 radical (unpaired) electrons. The molecule has 1 aromatic rings. The van der Waals surface area contributed by atoms with Gasteiger partial charge in [0.1, 0.15) is 12.6 Å². The molecule has 0 bridgehead atoms. The molecule has 1 aliphatic carbocycles. The predicted octanol–water partition coefficient (Wildman–Crippen LogP) is 4.76. The van der Waals surface area contributed by atoms with E-state index in [1.54, 1.807) is 14.1 Å². The number of rotatable bonds is 8. The second-order valence-electron chi connectivity index (χ2n) is 8.52. The molecule has 184 valence electrons. The number of hydrogen-bond donors (Lipinski definition) is 2. The maximum Gasteiger partial charge on any atom is 0.271 e. The van der Waals surface area contributed by atoms with Gasteiger partial charge in [0.15, 0.2) is 11.5 Å². The molecule has 2 N–H and O–H groups in total. The van der Waals surface area contributed by atoms with Crippen LogP contribution in [-0.2, 0) is 16.1 Å². The molecule has 0 fully saturated rings. The van der Waals surface area contributed by atoms with E-state index >= 15 is 0 Å². The first-order valence-electron chi connectivity index (χ1n) is 11.2. The van der Waals surface area contributed by atoms with Gasteiger partial charge in [0.05, 0.1) is 12.5 Å². The maximum atomic E-state index is 12.8. The van der Waals surface area contributed by atoms with Crippen LogP contribution in [-0.4, -0.2) is 49.6 Å². The first-order chi connectivity index (χ1) is 16.2. The molecule has 1 aliphatic heterocycles. The minimum atomic E-state index is -0.291. The summed E-state index contributed by atoms with van der Waals surface area (Å²) in [7, 11) is 3.43. The summed E-state index contributed by atoms with van der Waals surface area (Å²) >= 11 is 3.75. The van der Waals surface area contributed by atoms with Crippen LogP contribution in [0, 0.1) is 11.3 Å². The fourth-order valence-corrected chi connectivity index (χ4v) is 5.20. The van der Waals surface area contributed by atoms with Crippen LogP contribution in [0.1, 0.15) is 43.0 Å². The first kappa shape index (κ1) is 27.5. The second-order valence-corrected chi connectivity index (χ2v) is 9.43. The lowest BCUT2D eigenvalue weighted by Crippen LogP contribution is -2.38. The fourth-order valence-electron chi connectivity index (χ4n) is 4.56. The Bertz CT molecular complexity index is 1050. The summed E-state index contributed by atoms with van der Waals surface area (Å²) in [6, 6.07) is 0. The number of halogens is 1. The minimum Gasteiger partial charge on any atom is -0.377 e. The van der Waals surface area contributed by atoms with E-state index in [1.165, 1.54) is 5.57 Å². The van der Waals surface area contributed by atoms with Gasteiger partial charge in [-0.3, -0.25) is 4.79 Å². The number of ether oxygens (including phenoxy) is 1. The zero-order valence-electron chi connectivity index (χ0n) is 20.7. The van der Waals surface area contributed by atoms with Crippen molar-refractivity contribution >= 4 is 34.4 Å². The highest BCUT2D eigenvalue weighted by atomic mass is 79.9. The highest BCUT2D eigenvalue weighted by Gasteiger charge is 2.45. The van der Waals surface area contributed by atoms with E-state index in [-0.39, 0.29) is 23.2 Å². The van der Waals surface area contributed by atoms with E-state index in [9.17, 15) is 4.79 Å². The number of carbonyl (C=O) groups is 2. The molecule has 2 heterocycles. The van der Waals surface area contributed by atoms with Crippen LogP contribution >= 0.6 is 15.9 Å². The van der Waals surface area contributed by atoms with Crippen molar-refractivity contribution in [3.63, 3.8) is 0 Å². The van der Waals surface area contributed by atoms with Gasteiger partial charge in [-0.25, -0.2) is 4.98 Å². The number of allylic oxidation sites excluding steroid dienone is 6. The summed E-state index contributed by atoms with van der Waals surface area (Å²) in [4.78, 5) is 25.7. The summed E-state index contributed by atoms with van der Waals surface area (Å²) in [6.07, 6.45) is 8.49. The van der Waals surface area contributed by atoms with Gasteiger partial charge in [-0.15, -0.1) is 0 Å². The molecule has 1 aromatic heterocycles. The van der Waals surface area contributed by atoms with Crippen molar-refractivity contribution in [2.45, 2.75) is 33.2 Å². The number of imidazole rings is 1. The average Bonchev–Trinajstić information content (AvgIpc) is 3.19. The van der Waals surface area contributed by atoms with E-state index in [4.69, 9.17) is 14.5 Å². The van der Waals surface area contributed by atoms with E-state index in [0.29, 0.717) is 31.3 Å². The molecule has 7 nitrogen and oxygen atoms in total. The molecule has 3 atom stereocenters. The summed E-state index contributed by atoms with van der Waals surface area (Å²) in [5.74, 6) is 1.32. The van der Waals surface area contributed by atoms with Crippen molar-refractivity contribution in [1.82, 2.24) is 14.9 Å². The van der Waals surface area contributed by atoms with Gasteiger partial charge in [-0.2, -0.15) is 0 Å². The summed E-state index contributed by atoms with van der Waals surface area (Å²) < 4.78 is 8.74. The zero-order valence-corrected chi connectivity index (χ0v) is 22.3. The molecule has 3 rings (SSSR count). The number of fused-ring (bicyclic) bond motifs is 2. The van der Waals surface area contributed by atoms with Crippen LogP contribution < -0.4 is 10.6 Å². The van der Waals surface area contributed by atoms with E-state index < -0.39 is 0 Å². The fraction of sp³-hybridized carbons (Fsp3) is 0.423. The molecular weight excluding hydrogens is 496 g/mol. The number of carbonyl (C=O) groups excluding carboxylic acids is 2. The van der Waals surface area contributed by atoms with Crippen molar-refractivity contribution in [1.29, 1.82) is 0 Å². The van der Waals surface area contributed by atoms with Gasteiger partial charge in [0.25, 0.3) is 5.91 Å². The van der Waals surface area contributed by atoms with Gasteiger partial charge >= 0.3 is 0 Å². The molecule has 0 saturated heterocycles. The highest BCUT2D eigenvalue weighted by Crippen LogP contribution is 2.53. The Balaban J connectivity index is 0.00000199. The van der Waals surface area contributed by atoms with E-state index in [1.807, 2.05) is 30.4 Å². The van der Waals surface area contributed by atoms with Gasteiger partial charge in [0.2, 0.25) is 0 Å². The third kappa shape index (κ3) is 5.18. The van der Waals surface area contributed by atoms with Gasteiger partial charge in [-0.1, -0.05) is 67.2 Å². The molecule has 2 aliphatic rings. The molecule has 1 amide bonds. The van der Waals surface area contributed by atoms with Crippen LogP contribution in [0.15, 0.2) is 58.7 Å². The smallest absolute Gasteiger partial charge is 0.271 e. The van der Waals surface area contributed by atoms with Gasteiger partial charge in [0, 0.05) is 38.6 Å². The average molecular weight is 531 g/mol. The molecule has 0 saturated carbocycles. The molecule has 0 aromatic carbocycles. The van der Waals surface area contributed by atoms with Crippen LogP contribution in [0.4, 0.5) is 5.82 Å². The van der Waals surface area contributed by atoms with E-state index in [2.05, 4.69) is 65.7 Å². The Morgan fingerprint density at radius 1 is 1.41 bits per heavy atom. The lowest BCUT2D eigenvalue weighted by atomic mass is 9.66. The zero-order chi connectivity index (χ0) is 25.6. The van der Waals surface area contributed by atoms with Crippen molar-refractivity contribution in [2.24, 2.45) is 11.3 Å². The van der Waals surface area contributed by atoms with Crippen LogP contribution in [0.25, 0.3) is 0 Å². The predicted molar refractivity (Wildman–Crippen MR) is 141 cm³/mol. The Morgan fingerprint density at radius 2 is 2.09 bits per heavy atom. The maximum absolute atomic E-state index is 12.8. The Hall–Kier alpha value is -2.71. The summed E-state index contributed by atoms with van der Waals surface area (Å²) in [6.45, 7) is 18.3. The highest BCUT2D eigenvalue weighted by molar-refractivity contribution is 9.11.